The Kier molecular flexibility index (Phi) is 6.72. The van der Waals surface area contributed by atoms with Gasteiger partial charge < -0.3 is 10.6 Å². The van der Waals surface area contributed by atoms with E-state index < -0.39 is 0 Å². The van der Waals surface area contributed by atoms with Crippen LogP contribution in [-0.2, 0) is 6.54 Å². The predicted molar refractivity (Wildman–Crippen MR) is 130 cm³/mol. The summed E-state index contributed by atoms with van der Waals surface area (Å²) in [5.41, 5.74) is 5.43. The number of nitroso groups, excluding NO2 is 1. The summed E-state index contributed by atoms with van der Waals surface area (Å²) in [6, 6.07) is 6.24. The van der Waals surface area contributed by atoms with E-state index in [2.05, 4.69) is 57.9 Å². The second kappa shape index (κ2) is 9.68. The van der Waals surface area contributed by atoms with Gasteiger partial charge in [-0.25, -0.2) is 9.67 Å². The van der Waals surface area contributed by atoms with Gasteiger partial charge in [0.05, 0.1) is 34.9 Å². The minimum absolute atomic E-state index is 0.107. The van der Waals surface area contributed by atoms with Crippen molar-refractivity contribution in [1.82, 2.24) is 20.1 Å². The van der Waals surface area contributed by atoms with Crippen molar-refractivity contribution in [3.63, 3.8) is 0 Å². The minimum atomic E-state index is -0.175. The second-order valence-corrected chi connectivity index (χ2v) is 9.12. The molecule has 4 rings (SSSR count). The van der Waals surface area contributed by atoms with Crippen molar-refractivity contribution in [3.8, 4) is 0 Å². The van der Waals surface area contributed by atoms with E-state index in [0.29, 0.717) is 12.1 Å². The van der Waals surface area contributed by atoms with Crippen molar-refractivity contribution in [2.24, 2.45) is 5.18 Å². The van der Waals surface area contributed by atoms with Crippen LogP contribution < -0.4 is 10.6 Å². The zero-order chi connectivity index (χ0) is 23.5. The van der Waals surface area contributed by atoms with Gasteiger partial charge in [0.25, 0.3) is 5.91 Å². The van der Waals surface area contributed by atoms with Crippen molar-refractivity contribution in [1.29, 1.82) is 0 Å². The summed E-state index contributed by atoms with van der Waals surface area (Å²) >= 11 is 0. The van der Waals surface area contributed by atoms with Crippen LogP contribution in [0.2, 0.25) is 0 Å². The molecule has 0 spiro atoms. The summed E-state index contributed by atoms with van der Waals surface area (Å²) in [5.74, 6) is -0.175. The Morgan fingerprint density at radius 3 is 2.48 bits per heavy atom. The molecule has 2 N–H and O–H groups in total. The van der Waals surface area contributed by atoms with Gasteiger partial charge in [-0.15, -0.1) is 0 Å². The first-order valence-electron chi connectivity index (χ1n) is 11.7. The number of anilines is 1. The Bertz CT molecular complexity index is 1140. The maximum Gasteiger partial charge on any atom is 0.255 e. The minimum Gasteiger partial charge on any atom is -0.381 e. The summed E-state index contributed by atoms with van der Waals surface area (Å²) in [5, 5.41) is 15.2. The molecule has 33 heavy (non-hydrogen) atoms. The second-order valence-electron chi connectivity index (χ2n) is 9.12. The molecule has 1 aromatic carbocycles. The highest BCUT2D eigenvalue weighted by atomic mass is 16.3. The summed E-state index contributed by atoms with van der Waals surface area (Å²) in [6.45, 7) is 8.83. The van der Waals surface area contributed by atoms with Crippen LogP contribution in [0, 0.1) is 18.8 Å². The average Bonchev–Trinajstić information content (AvgIpc) is 3.22. The van der Waals surface area contributed by atoms with Gasteiger partial charge in [-0.05, 0) is 58.9 Å². The molecule has 0 aliphatic heterocycles. The topological polar surface area (TPSA) is 101 Å². The number of amides is 1. The van der Waals surface area contributed by atoms with E-state index in [4.69, 9.17) is 0 Å². The molecule has 1 amide bonds. The fraction of sp³-hybridized carbons (Fsp3) is 0.480. The molecular formula is C25H32N6O2. The van der Waals surface area contributed by atoms with Gasteiger partial charge in [-0.2, -0.15) is 10.0 Å². The number of nitrogens with zero attached hydrogens (tertiary/aromatic N) is 4. The summed E-state index contributed by atoms with van der Waals surface area (Å²) in [4.78, 5) is 28.9. The first-order chi connectivity index (χ1) is 15.9. The number of nitrogens with one attached hydrogen (secondary N) is 2. The zero-order valence-corrected chi connectivity index (χ0v) is 19.8. The Labute approximate surface area is 194 Å². The third-order valence-corrected chi connectivity index (χ3v) is 6.50. The zero-order valence-electron chi connectivity index (χ0n) is 19.8. The lowest BCUT2D eigenvalue weighted by atomic mass is 9.91. The highest BCUT2D eigenvalue weighted by Gasteiger charge is 2.25. The van der Waals surface area contributed by atoms with E-state index in [1.807, 2.05) is 18.5 Å². The van der Waals surface area contributed by atoms with Crippen molar-refractivity contribution in [3.05, 3.63) is 57.8 Å². The fourth-order valence-electron chi connectivity index (χ4n) is 4.73. The lowest BCUT2D eigenvalue weighted by Gasteiger charge is -2.27. The highest BCUT2D eigenvalue weighted by Crippen LogP contribution is 2.31. The number of fused-ring (bicyclic) bond motifs is 1. The molecule has 3 aromatic rings. The highest BCUT2D eigenvalue weighted by molar-refractivity contribution is 6.06. The fourth-order valence-corrected chi connectivity index (χ4v) is 4.73. The molecular weight excluding hydrogens is 416 g/mol. The van der Waals surface area contributed by atoms with Crippen LogP contribution >= 0.6 is 0 Å². The monoisotopic (exact) mass is 448 g/mol. The number of hydrogen-bond donors (Lipinski definition) is 2. The molecule has 1 saturated carbocycles. The number of pyridine rings is 1. The molecule has 2 heterocycles. The largest absolute Gasteiger partial charge is 0.381 e. The van der Waals surface area contributed by atoms with Gasteiger partial charge in [-0.1, -0.05) is 34.5 Å². The predicted octanol–water partition coefficient (Wildman–Crippen LogP) is 5.05. The first kappa shape index (κ1) is 22.9. The number of aromatic nitrogens is 3. The summed E-state index contributed by atoms with van der Waals surface area (Å²) < 4.78 is 1.83. The SMILES string of the molecule is CCn1ncc2c(NC3CCC(N=O)CC3)c(C(=O)NC(C)c3cc(C)cc(C)c3)cnc21. The number of hydrogen-bond acceptors (Lipinski definition) is 6. The van der Waals surface area contributed by atoms with Crippen LogP contribution in [0.15, 0.2) is 35.8 Å². The molecule has 0 bridgehead atoms. The third kappa shape index (κ3) is 4.89. The summed E-state index contributed by atoms with van der Waals surface area (Å²) in [7, 11) is 0. The molecule has 174 valence electrons. The van der Waals surface area contributed by atoms with Gasteiger partial charge in [-0.3, -0.25) is 4.79 Å². The van der Waals surface area contributed by atoms with Crippen LogP contribution in [0.3, 0.4) is 0 Å². The molecule has 0 radical (unpaired) electrons. The van der Waals surface area contributed by atoms with Gasteiger partial charge in [0.15, 0.2) is 5.65 Å². The molecule has 1 atom stereocenters. The lowest BCUT2D eigenvalue weighted by Crippen LogP contribution is -2.31. The van der Waals surface area contributed by atoms with Gasteiger partial charge in [0.2, 0.25) is 0 Å². The summed E-state index contributed by atoms with van der Waals surface area (Å²) in [6.07, 6.45) is 6.60. The number of aryl methyl sites for hydroxylation is 3. The van der Waals surface area contributed by atoms with E-state index in [-0.39, 0.29) is 24.0 Å². The van der Waals surface area contributed by atoms with Crippen LogP contribution in [0.5, 0.6) is 0 Å². The quantitative estimate of drug-likeness (QED) is 0.493. The normalized spacial score (nSPS) is 19.3. The lowest BCUT2D eigenvalue weighted by molar-refractivity contribution is 0.0940. The first-order valence-corrected chi connectivity index (χ1v) is 11.7. The van der Waals surface area contributed by atoms with E-state index in [1.165, 1.54) is 11.1 Å². The molecule has 1 unspecified atom stereocenters. The van der Waals surface area contributed by atoms with Gasteiger partial charge in [0.1, 0.15) is 0 Å². The Balaban J connectivity index is 1.63. The third-order valence-electron chi connectivity index (χ3n) is 6.50. The van der Waals surface area contributed by atoms with Crippen LogP contribution in [-0.4, -0.2) is 32.8 Å². The average molecular weight is 449 g/mol. The molecule has 1 aliphatic carbocycles. The number of carbonyl (C=O) groups is 1. The van der Waals surface area contributed by atoms with E-state index in [1.54, 1.807) is 12.4 Å². The smallest absolute Gasteiger partial charge is 0.255 e. The van der Waals surface area contributed by atoms with Crippen LogP contribution in [0.1, 0.15) is 72.6 Å². The van der Waals surface area contributed by atoms with E-state index >= 15 is 0 Å². The van der Waals surface area contributed by atoms with Crippen molar-refractivity contribution in [2.75, 3.05) is 5.32 Å². The van der Waals surface area contributed by atoms with Crippen molar-refractivity contribution < 1.29 is 4.79 Å². The maximum absolute atomic E-state index is 13.4. The molecule has 1 fully saturated rings. The Morgan fingerprint density at radius 2 is 1.85 bits per heavy atom. The molecule has 2 aromatic heterocycles. The molecule has 0 saturated heterocycles. The number of benzene rings is 1. The number of carbonyl (C=O) groups excluding carboxylic acids is 1. The van der Waals surface area contributed by atoms with Crippen LogP contribution in [0.4, 0.5) is 5.69 Å². The van der Waals surface area contributed by atoms with Crippen molar-refractivity contribution in [2.45, 2.75) is 78.0 Å². The van der Waals surface area contributed by atoms with Crippen molar-refractivity contribution >= 4 is 22.6 Å². The van der Waals surface area contributed by atoms with Crippen LogP contribution in [0.25, 0.3) is 11.0 Å². The van der Waals surface area contributed by atoms with Gasteiger partial charge >= 0.3 is 0 Å². The Morgan fingerprint density at radius 1 is 1.15 bits per heavy atom. The molecule has 8 nitrogen and oxygen atoms in total. The number of rotatable bonds is 7. The maximum atomic E-state index is 13.4. The Hall–Kier alpha value is -3.29. The van der Waals surface area contributed by atoms with E-state index in [9.17, 15) is 9.70 Å². The van der Waals surface area contributed by atoms with E-state index in [0.717, 1.165) is 48.0 Å². The molecule has 8 heteroatoms. The van der Waals surface area contributed by atoms with Gasteiger partial charge in [0, 0.05) is 18.8 Å². The standard InChI is InChI=1S/C25H32N6O2/c1-5-31-24-21(14-27-31)23(29-19-6-8-20(30-33)9-7-19)22(13-26-24)25(32)28-17(4)18-11-15(2)10-16(3)12-18/h10-14,17,19-20H,5-9H2,1-4H3,(H,26,29)(H,28,32). The molecule has 1 aliphatic rings.